The Hall–Kier alpha value is -1.52. The van der Waals surface area contributed by atoms with Crippen LogP contribution in [0, 0.1) is 0 Å². The quantitative estimate of drug-likeness (QED) is 0.939. The summed E-state index contributed by atoms with van der Waals surface area (Å²) in [5.74, 6) is -0.0712. The van der Waals surface area contributed by atoms with Gasteiger partial charge < -0.3 is 9.88 Å². The summed E-state index contributed by atoms with van der Waals surface area (Å²) in [7, 11) is 0. The third kappa shape index (κ3) is 2.81. The second kappa shape index (κ2) is 5.46. The lowest BCUT2D eigenvalue weighted by atomic mass is 10.2. The highest BCUT2D eigenvalue weighted by Crippen LogP contribution is 2.31. The Morgan fingerprint density at radius 1 is 1.35 bits per heavy atom. The van der Waals surface area contributed by atoms with Crippen LogP contribution in [0.2, 0.25) is 10.2 Å². The van der Waals surface area contributed by atoms with E-state index in [2.05, 4.69) is 9.97 Å². The molecule has 0 aliphatic heterocycles. The third-order valence-corrected chi connectivity index (χ3v) is 4.00. The van der Waals surface area contributed by atoms with Crippen LogP contribution in [0.15, 0.2) is 30.6 Å². The van der Waals surface area contributed by atoms with Gasteiger partial charge in [0.25, 0.3) is 5.91 Å². The van der Waals surface area contributed by atoms with Crippen LogP contribution in [0.3, 0.4) is 0 Å². The number of nitrogens with zero attached hydrogens (tertiary/aromatic N) is 2. The van der Waals surface area contributed by atoms with Crippen molar-refractivity contribution in [1.82, 2.24) is 14.9 Å². The second-order valence-electron chi connectivity index (χ2n) is 4.86. The van der Waals surface area contributed by atoms with Crippen molar-refractivity contribution in [2.75, 3.05) is 0 Å². The maximum absolute atomic E-state index is 12.6. The molecule has 2 aromatic rings. The van der Waals surface area contributed by atoms with Gasteiger partial charge in [-0.3, -0.25) is 9.78 Å². The number of H-pyrrole nitrogens is 1. The number of nitrogens with one attached hydrogen (secondary N) is 1. The summed E-state index contributed by atoms with van der Waals surface area (Å²) < 4.78 is 0. The fourth-order valence-electron chi connectivity index (χ4n) is 2.11. The van der Waals surface area contributed by atoms with Crippen molar-refractivity contribution >= 4 is 29.1 Å². The van der Waals surface area contributed by atoms with E-state index in [0.29, 0.717) is 28.5 Å². The van der Waals surface area contributed by atoms with Gasteiger partial charge in [0.15, 0.2) is 0 Å². The van der Waals surface area contributed by atoms with Crippen LogP contribution in [0.5, 0.6) is 0 Å². The Morgan fingerprint density at radius 2 is 2.05 bits per heavy atom. The van der Waals surface area contributed by atoms with Crippen molar-refractivity contribution in [1.29, 1.82) is 0 Å². The van der Waals surface area contributed by atoms with Crippen LogP contribution < -0.4 is 0 Å². The molecule has 20 heavy (non-hydrogen) atoms. The van der Waals surface area contributed by atoms with Gasteiger partial charge in [0, 0.05) is 25.0 Å². The monoisotopic (exact) mass is 309 g/mol. The highest BCUT2D eigenvalue weighted by molar-refractivity contribution is 6.41. The lowest BCUT2D eigenvalue weighted by Gasteiger charge is -2.21. The number of rotatable bonds is 4. The molecule has 0 saturated heterocycles. The van der Waals surface area contributed by atoms with E-state index in [-0.39, 0.29) is 5.91 Å². The summed E-state index contributed by atoms with van der Waals surface area (Å²) in [6.07, 6.45) is 5.54. The SMILES string of the molecule is O=C(c1cc(Cl)c(Cl)[nH]1)N(Cc1ccncc1)C1CC1. The van der Waals surface area contributed by atoms with Gasteiger partial charge >= 0.3 is 0 Å². The van der Waals surface area contributed by atoms with Gasteiger partial charge in [-0.15, -0.1) is 0 Å². The van der Waals surface area contributed by atoms with E-state index in [1.807, 2.05) is 17.0 Å². The maximum Gasteiger partial charge on any atom is 0.270 e. The molecule has 0 spiro atoms. The fourth-order valence-corrected chi connectivity index (χ4v) is 2.42. The van der Waals surface area contributed by atoms with Crippen molar-refractivity contribution in [2.45, 2.75) is 25.4 Å². The fraction of sp³-hybridized carbons (Fsp3) is 0.286. The lowest BCUT2D eigenvalue weighted by Crippen LogP contribution is -2.32. The molecule has 2 heterocycles. The van der Waals surface area contributed by atoms with Crippen molar-refractivity contribution in [3.8, 4) is 0 Å². The molecule has 0 atom stereocenters. The normalized spacial score (nSPS) is 14.3. The van der Waals surface area contributed by atoms with Gasteiger partial charge in [-0.05, 0) is 36.6 Å². The molecule has 0 radical (unpaired) electrons. The number of hydrogen-bond donors (Lipinski definition) is 1. The van der Waals surface area contributed by atoms with Gasteiger partial charge in [-0.1, -0.05) is 23.2 Å². The first-order chi connectivity index (χ1) is 9.65. The molecular weight excluding hydrogens is 297 g/mol. The van der Waals surface area contributed by atoms with Crippen LogP contribution in [-0.4, -0.2) is 26.8 Å². The molecule has 0 aromatic carbocycles. The molecule has 3 rings (SSSR count). The molecule has 104 valence electrons. The molecule has 1 aliphatic carbocycles. The van der Waals surface area contributed by atoms with E-state index in [1.54, 1.807) is 18.5 Å². The Labute approximate surface area is 126 Å². The van der Waals surface area contributed by atoms with Crippen molar-refractivity contribution in [2.24, 2.45) is 0 Å². The number of aromatic nitrogens is 2. The van der Waals surface area contributed by atoms with Crippen LogP contribution in [0.1, 0.15) is 28.9 Å². The number of carbonyl (C=O) groups excluding carboxylic acids is 1. The minimum absolute atomic E-state index is 0.0712. The number of carbonyl (C=O) groups is 1. The average Bonchev–Trinajstić information content (AvgIpc) is 3.23. The molecule has 0 bridgehead atoms. The molecule has 1 amide bonds. The van der Waals surface area contributed by atoms with Crippen LogP contribution in [0.25, 0.3) is 0 Å². The summed E-state index contributed by atoms with van der Waals surface area (Å²) in [6.45, 7) is 0.570. The van der Waals surface area contributed by atoms with Gasteiger partial charge in [-0.25, -0.2) is 0 Å². The number of amides is 1. The van der Waals surface area contributed by atoms with Crippen LogP contribution in [-0.2, 0) is 6.54 Å². The number of halogens is 2. The smallest absolute Gasteiger partial charge is 0.270 e. The highest BCUT2D eigenvalue weighted by atomic mass is 35.5. The average molecular weight is 310 g/mol. The molecule has 0 unspecified atom stereocenters. The first kappa shape index (κ1) is 13.5. The van der Waals surface area contributed by atoms with Gasteiger partial charge in [0.2, 0.25) is 0 Å². The van der Waals surface area contributed by atoms with E-state index in [0.717, 1.165) is 18.4 Å². The number of aromatic amines is 1. The minimum Gasteiger partial charge on any atom is -0.340 e. The van der Waals surface area contributed by atoms with Crippen molar-refractivity contribution < 1.29 is 4.79 Å². The Kier molecular flexibility index (Phi) is 3.68. The molecule has 6 heteroatoms. The van der Waals surface area contributed by atoms with Crippen molar-refractivity contribution in [3.63, 3.8) is 0 Å². The predicted octanol–water partition coefficient (Wildman–Crippen LogP) is 3.52. The molecule has 1 saturated carbocycles. The van der Waals surface area contributed by atoms with Crippen molar-refractivity contribution in [3.05, 3.63) is 52.0 Å². The molecule has 2 aromatic heterocycles. The highest BCUT2D eigenvalue weighted by Gasteiger charge is 2.33. The Balaban J connectivity index is 1.82. The third-order valence-electron chi connectivity index (χ3n) is 3.31. The largest absolute Gasteiger partial charge is 0.340 e. The zero-order valence-electron chi connectivity index (χ0n) is 10.6. The molecule has 1 fully saturated rings. The lowest BCUT2D eigenvalue weighted by molar-refractivity contribution is 0.0724. The molecule has 1 aliphatic rings. The summed E-state index contributed by atoms with van der Waals surface area (Å²) >= 11 is 11.8. The van der Waals surface area contributed by atoms with Gasteiger partial charge in [0.05, 0.1) is 5.02 Å². The molecule has 4 nitrogen and oxygen atoms in total. The predicted molar refractivity (Wildman–Crippen MR) is 77.9 cm³/mol. The number of pyridine rings is 1. The van der Waals surface area contributed by atoms with E-state index >= 15 is 0 Å². The second-order valence-corrected chi connectivity index (χ2v) is 5.65. The summed E-state index contributed by atoms with van der Waals surface area (Å²) in [5, 5.41) is 0.671. The van der Waals surface area contributed by atoms with E-state index in [1.165, 1.54) is 0 Å². The van der Waals surface area contributed by atoms with E-state index in [9.17, 15) is 4.79 Å². The van der Waals surface area contributed by atoms with E-state index < -0.39 is 0 Å². The zero-order chi connectivity index (χ0) is 14.1. The zero-order valence-corrected chi connectivity index (χ0v) is 12.2. The summed E-state index contributed by atoms with van der Waals surface area (Å²) in [4.78, 5) is 21.2. The molecular formula is C14H13Cl2N3O. The topological polar surface area (TPSA) is 49.0 Å². The number of hydrogen-bond acceptors (Lipinski definition) is 2. The first-order valence-electron chi connectivity index (χ1n) is 6.39. The Bertz CT molecular complexity index is 603. The molecule has 1 N–H and O–H groups in total. The minimum atomic E-state index is -0.0712. The van der Waals surface area contributed by atoms with Gasteiger partial charge in [0.1, 0.15) is 10.8 Å². The maximum atomic E-state index is 12.6. The van der Waals surface area contributed by atoms with Gasteiger partial charge in [-0.2, -0.15) is 0 Å². The Morgan fingerprint density at radius 3 is 2.60 bits per heavy atom. The van der Waals surface area contributed by atoms with Crippen LogP contribution in [0.4, 0.5) is 0 Å². The summed E-state index contributed by atoms with van der Waals surface area (Å²) in [5.41, 5.74) is 1.49. The standard InChI is InChI=1S/C14H13Cl2N3O/c15-11-7-12(18-13(11)16)14(20)19(10-1-2-10)8-9-3-5-17-6-4-9/h3-7,10,18H,1-2,8H2. The first-order valence-corrected chi connectivity index (χ1v) is 7.14. The van der Waals surface area contributed by atoms with E-state index in [4.69, 9.17) is 23.2 Å². The van der Waals surface area contributed by atoms with Crippen LogP contribution >= 0.6 is 23.2 Å². The summed E-state index contributed by atoms with van der Waals surface area (Å²) in [6, 6.07) is 5.71.